The van der Waals surface area contributed by atoms with E-state index in [4.69, 9.17) is 5.73 Å². The van der Waals surface area contributed by atoms with Crippen molar-refractivity contribution in [3.63, 3.8) is 0 Å². The van der Waals surface area contributed by atoms with Crippen molar-refractivity contribution < 1.29 is 9.50 Å². The highest BCUT2D eigenvalue weighted by atomic mass is 19.1. The molecule has 0 spiro atoms. The molecule has 0 aliphatic heterocycles. The third-order valence-corrected chi connectivity index (χ3v) is 2.03. The normalized spacial score (nSPS) is 11.5. The van der Waals surface area contributed by atoms with Crippen LogP contribution in [0, 0.1) is 5.82 Å². The van der Waals surface area contributed by atoms with Crippen LogP contribution in [-0.2, 0) is 0 Å². The molecule has 0 saturated carbocycles. The van der Waals surface area contributed by atoms with Crippen LogP contribution in [0.4, 0.5) is 15.8 Å². The molecule has 0 aliphatic rings. The molecule has 1 rings (SSSR count). The molecule has 0 fully saturated rings. The summed E-state index contributed by atoms with van der Waals surface area (Å²) in [5.41, 5.74) is 5.98. The van der Waals surface area contributed by atoms with Crippen LogP contribution in [0.5, 0.6) is 0 Å². The van der Waals surface area contributed by atoms with Crippen LogP contribution < -0.4 is 10.6 Å². The Morgan fingerprint density at radius 2 is 2.07 bits per heavy atom. The minimum Gasteiger partial charge on any atom is -0.397 e. The van der Waals surface area contributed by atoms with Gasteiger partial charge >= 0.3 is 0 Å². The summed E-state index contributed by atoms with van der Waals surface area (Å²) in [7, 11) is 1.77. The van der Waals surface area contributed by atoms with Crippen molar-refractivity contribution in [1.29, 1.82) is 0 Å². The number of aliphatic hydroxyl groups is 1. The van der Waals surface area contributed by atoms with Crippen LogP contribution in [0.3, 0.4) is 0 Å². The van der Waals surface area contributed by atoms with Gasteiger partial charge in [-0.3, -0.25) is 0 Å². The lowest BCUT2D eigenvalue weighted by Crippen LogP contribution is -2.36. The lowest BCUT2D eigenvalue weighted by molar-refractivity contribution is 0.0886. The largest absolute Gasteiger partial charge is 0.397 e. The first-order valence-electron chi connectivity index (χ1n) is 4.78. The minimum absolute atomic E-state index is 0.332. The van der Waals surface area contributed by atoms with Gasteiger partial charge in [0.05, 0.1) is 17.0 Å². The number of nitrogens with two attached hydrogens (primary N) is 1. The highest BCUT2D eigenvalue weighted by Crippen LogP contribution is 2.24. The molecule has 4 heteroatoms. The summed E-state index contributed by atoms with van der Waals surface area (Å²) >= 11 is 0. The van der Waals surface area contributed by atoms with Crippen molar-refractivity contribution in [3.05, 3.63) is 24.0 Å². The Morgan fingerprint density at radius 3 is 2.60 bits per heavy atom. The third kappa shape index (κ3) is 3.40. The second-order valence-electron chi connectivity index (χ2n) is 4.37. The molecule has 3 N–H and O–H groups in total. The summed E-state index contributed by atoms with van der Waals surface area (Å²) in [4.78, 5) is 1.73. The number of hydrogen-bond donors (Lipinski definition) is 2. The maximum Gasteiger partial charge on any atom is 0.125 e. The molecule has 0 heterocycles. The Bertz CT molecular complexity index is 347. The minimum atomic E-state index is -0.840. The maximum atomic E-state index is 13.0. The average molecular weight is 212 g/mol. The molecule has 0 saturated heterocycles. The first kappa shape index (κ1) is 11.8. The second kappa shape index (κ2) is 4.06. The van der Waals surface area contributed by atoms with E-state index in [9.17, 15) is 9.50 Å². The smallest absolute Gasteiger partial charge is 0.125 e. The van der Waals surface area contributed by atoms with Gasteiger partial charge in [-0.1, -0.05) is 0 Å². The molecule has 15 heavy (non-hydrogen) atoms. The number of hydrogen-bond acceptors (Lipinski definition) is 3. The van der Waals surface area contributed by atoms with E-state index in [1.807, 2.05) is 0 Å². The van der Waals surface area contributed by atoms with Gasteiger partial charge in [0.1, 0.15) is 5.82 Å². The van der Waals surface area contributed by atoms with E-state index in [1.165, 1.54) is 18.2 Å². The zero-order valence-electron chi connectivity index (χ0n) is 9.29. The van der Waals surface area contributed by atoms with Crippen molar-refractivity contribution in [1.82, 2.24) is 0 Å². The van der Waals surface area contributed by atoms with E-state index in [0.29, 0.717) is 17.9 Å². The summed E-state index contributed by atoms with van der Waals surface area (Å²) < 4.78 is 13.0. The van der Waals surface area contributed by atoms with Gasteiger partial charge < -0.3 is 15.7 Å². The molecule has 1 aromatic carbocycles. The highest BCUT2D eigenvalue weighted by molar-refractivity contribution is 5.67. The first-order chi connectivity index (χ1) is 6.79. The summed E-state index contributed by atoms with van der Waals surface area (Å²) in [5.74, 6) is -0.332. The number of nitrogens with zero attached hydrogens (tertiary/aromatic N) is 1. The van der Waals surface area contributed by atoms with Crippen LogP contribution in [0.2, 0.25) is 0 Å². The van der Waals surface area contributed by atoms with Gasteiger partial charge in [0, 0.05) is 13.6 Å². The fourth-order valence-electron chi connectivity index (χ4n) is 1.51. The number of rotatable bonds is 3. The highest BCUT2D eigenvalue weighted by Gasteiger charge is 2.17. The molecule has 3 nitrogen and oxygen atoms in total. The lowest BCUT2D eigenvalue weighted by Gasteiger charge is -2.28. The van der Waals surface area contributed by atoms with Crippen LogP contribution in [-0.4, -0.2) is 24.3 Å². The predicted molar refractivity (Wildman–Crippen MR) is 60.4 cm³/mol. The lowest BCUT2D eigenvalue weighted by atomic mass is 10.1. The molecule has 0 unspecified atom stereocenters. The SMILES string of the molecule is CN(CC(C)(C)O)c1cc(F)ccc1N. The van der Waals surface area contributed by atoms with E-state index < -0.39 is 5.60 Å². The predicted octanol–water partition coefficient (Wildman–Crippen LogP) is 1.61. The average Bonchev–Trinajstić information content (AvgIpc) is 2.06. The van der Waals surface area contributed by atoms with E-state index in [-0.39, 0.29) is 5.82 Å². The van der Waals surface area contributed by atoms with Gasteiger partial charge in [0.25, 0.3) is 0 Å². The molecule has 0 amide bonds. The molecule has 0 atom stereocenters. The Labute approximate surface area is 89.3 Å². The monoisotopic (exact) mass is 212 g/mol. The number of halogens is 1. The van der Waals surface area contributed by atoms with Crippen LogP contribution >= 0.6 is 0 Å². The van der Waals surface area contributed by atoms with Crippen molar-refractivity contribution in [2.75, 3.05) is 24.2 Å². The number of benzene rings is 1. The van der Waals surface area contributed by atoms with Crippen molar-refractivity contribution in [2.24, 2.45) is 0 Å². The Balaban J connectivity index is 2.90. The van der Waals surface area contributed by atoms with Crippen molar-refractivity contribution in [3.8, 4) is 0 Å². The molecule has 84 valence electrons. The topological polar surface area (TPSA) is 49.5 Å². The fourth-order valence-corrected chi connectivity index (χ4v) is 1.51. The van der Waals surface area contributed by atoms with Crippen molar-refractivity contribution >= 4 is 11.4 Å². The molecule has 0 aromatic heterocycles. The van der Waals surface area contributed by atoms with E-state index in [0.717, 1.165) is 0 Å². The van der Waals surface area contributed by atoms with E-state index >= 15 is 0 Å². The first-order valence-corrected chi connectivity index (χ1v) is 4.78. The standard InChI is InChI=1S/C11H17FN2O/c1-11(2,15)7-14(3)10-6-8(12)4-5-9(10)13/h4-6,15H,7,13H2,1-3H3. The van der Waals surface area contributed by atoms with Crippen LogP contribution in [0.1, 0.15) is 13.8 Å². The van der Waals surface area contributed by atoms with Gasteiger partial charge in [-0.25, -0.2) is 4.39 Å². The quantitative estimate of drug-likeness (QED) is 0.748. The van der Waals surface area contributed by atoms with Gasteiger partial charge in [-0.05, 0) is 32.0 Å². The Hall–Kier alpha value is -1.29. The summed E-state index contributed by atoms with van der Waals surface area (Å²) in [6.07, 6.45) is 0. The molecular formula is C11H17FN2O. The summed E-state index contributed by atoms with van der Waals surface area (Å²) in [6.45, 7) is 3.78. The Morgan fingerprint density at radius 1 is 1.47 bits per heavy atom. The zero-order valence-corrected chi connectivity index (χ0v) is 9.29. The molecular weight excluding hydrogens is 195 g/mol. The van der Waals surface area contributed by atoms with E-state index in [2.05, 4.69) is 0 Å². The Kier molecular flexibility index (Phi) is 3.19. The summed E-state index contributed by atoms with van der Waals surface area (Å²) in [5, 5.41) is 9.63. The molecule has 1 aromatic rings. The van der Waals surface area contributed by atoms with Crippen molar-refractivity contribution in [2.45, 2.75) is 19.4 Å². The zero-order chi connectivity index (χ0) is 11.6. The van der Waals surface area contributed by atoms with Crippen LogP contribution in [0.15, 0.2) is 18.2 Å². The summed E-state index contributed by atoms with van der Waals surface area (Å²) in [6, 6.07) is 4.20. The number of likely N-dealkylation sites (N-methyl/N-ethyl adjacent to an activating group) is 1. The molecule has 0 bridgehead atoms. The number of anilines is 2. The van der Waals surface area contributed by atoms with E-state index in [1.54, 1.807) is 25.8 Å². The van der Waals surface area contributed by atoms with Crippen LogP contribution in [0.25, 0.3) is 0 Å². The van der Waals surface area contributed by atoms with Gasteiger partial charge in [0.15, 0.2) is 0 Å². The van der Waals surface area contributed by atoms with Gasteiger partial charge in [0.2, 0.25) is 0 Å². The molecule has 0 radical (unpaired) electrons. The number of nitrogen functional groups attached to an aromatic ring is 1. The fraction of sp³-hybridized carbons (Fsp3) is 0.455. The molecule has 0 aliphatic carbocycles. The maximum absolute atomic E-state index is 13.0. The van der Waals surface area contributed by atoms with Gasteiger partial charge in [-0.2, -0.15) is 0 Å². The van der Waals surface area contributed by atoms with Gasteiger partial charge in [-0.15, -0.1) is 0 Å². The second-order valence-corrected chi connectivity index (χ2v) is 4.37. The third-order valence-electron chi connectivity index (χ3n) is 2.03.